The SMILES string of the molecule is COC(=O)C1=C(C)N(c2cccc(Br)c2)C(=O)/C1=C\c1cc(C)n(-c2cc(Cl)ccc2Cl)c1C. The van der Waals surface area contributed by atoms with Crippen molar-refractivity contribution in [1.82, 2.24) is 4.57 Å². The largest absolute Gasteiger partial charge is 0.465 e. The Balaban J connectivity index is 1.88. The van der Waals surface area contributed by atoms with Crippen LogP contribution >= 0.6 is 39.1 Å². The zero-order chi connectivity index (χ0) is 24.7. The fourth-order valence-electron chi connectivity index (χ4n) is 4.22. The third-order valence-electron chi connectivity index (χ3n) is 5.78. The van der Waals surface area contributed by atoms with Gasteiger partial charge in [-0.15, -0.1) is 0 Å². The lowest BCUT2D eigenvalue weighted by molar-refractivity contribution is -0.136. The van der Waals surface area contributed by atoms with Crippen LogP contribution in [0, 0.1) is 13.8 Å². The van der Waals surface area contributed by atoms with Gasteiger partial charge in [-0.05, 0) is 74.9 Å². The van der Waals surface area contributed by atoms with Gasteiger partial charge in [0.25, 0.3) is 5.91 Å². The summed E-state index contributed by atoms with van der Waals surface area (Å²) in [7, 11) is 1.31. The molecule has 4 rings (SSSR count). The monoisotopic (exact) mass is 558 g/mol. The maximum atomic E-state index is 13.6. The Morgan fingerprint density at radius 3 is 2.47 bits per heavy atom. The summed E-state index contributed by atoms with van der Waals surface area (Å²) < 4.78 is 7.82. The molecule has 0 saturated heterocycles. The molecule has 174 valence electrons. The van der Waals surface area contributed by atoms with Gasteiger partial charge in [0, 0.05) is 26.6 Å². The number of anilines is 1. The van der Waals surface area contributed by atoms with Crippen LogP contribution in [0.3, 0.4) is 0 Å². The average molecular weight is 560 g/mol. The van der Waals surface area contributed by atoms with Crippen LogP contribution in [0.25, 0.3) is 11.8 Å². The number of ether oxygens (including phenoxy) is 1. The van der Waals surface area contributed by atoms with Crippen molar-refractivity contribution in [3.05, 3.63) is 96.8 Å². The first kappa shape index (κ1) is 24.3. The summed E-state index contributed by atoms with van der Waals surface area (Å²) in [5.41, 5.74) is 4.93. The van der Waals surface area contributed by atoms with Gasteiger partial charge in [-0.3, -0.25) is 9.69 Å². The highest BCUT2D eigenvalue weighted by atomic mass is 79.9. The third-order valence-corrected chi connectivity index (χ3v) is 6.82. The summed E-state index contributed by atoms with van der Waals surface area (Å²) in [4.78, 5) is 27.8. The Hall–Kier alpha value is -2.80. The fourth-order valence-corrected chi connectivity index (χ4v) is 4.98. The smallest absolute Gasteiger partial charge is 0.340 e. The topological polar surface area (TPSA) is 51.5 Å². The molecule has 0 aliphatic carbocycles. The van der Waals surface area contributed by atoms with E-state index < -0.39 is 5.97 Å². The van der Waals surface area contributed by atoms with E-state index in [4.69, 9.17) is 27.9 Å². The van der Waals surface area contributed by atoms with E-state index in [1.807, 2.05) is 48.7 Å². The number of allylic oxidation sites excluding steroid dienone is 1. The first-order valence-corrected chi connectivity index (χ1v) is 11.9. The minimum absolute atomic E-state index is 0.234. The third kappa shape index (κ3) is 4.22. The molecule has 0 radical (unpaired) electrons. The van der Waals surface area contributed by atoms with Crippen molar-refractivity contribution in [2.45, 2.75) is 20.8 Å². The zero-order valence-corrected chi connectivity index (χ0v) is 22.0. The van der Waals surface area contributed by atoms with Crippen LogP contribution in [0.4, 0.5) is 5.69 Å². The highest BCUT2D eigenvalue weighted by molar-refractivity contribution is 9.10. The van der Waals surface area contributed by atoms with Crippen LogP contribution in [0.1, 0.15) is 23.9 Å². The van der Waals surface area contributed by atoms with Gasteiger partial charge in [0.15, 0.2) is 0 Å². The summed E-state index contributed by atoms with van der Waals surface area (Å²) in [5.74, 6) is -0.872. The predicted molar refractivity (Wildman–Crippen MR) is 140 cm³/mol. The van der Waals surface area contributed by atoms with E-state index in [1.54, 1.807) is 31.2 Å². The van der Waals surface area contributed by atoms with Gasteiger partial charge in [0.05, 0.1) is 34.7 Å². The number of benzene rings is 2. The molecule has 5 nitrogen and oxygen atoms in total. The van der Waals surface area contributed by atoms with Gasteiger partial charge in [0.2, 0.25) is 0 Å². The number of aromatic nitrogens is 1. The van der Waals surface area contributed by atoms with Crippen molar-refractivity contribution in [1.29, 1.82) is 0 Å². The number of hydrogen-bond acceptors (Lipinski definition) is 3. The number of halogens is 3. The first-order chi connectivity index (χ1) is 16.1. The van der Waals surface area contributed by atoms with Crippen molar-refractivity contribution >= 4 is 62.8 Å². The molecule has 1 aromatic heterocycles. The number of nitrogens with zero attached hydrogens (tertiary/aromatic N) is 2. The van der Waals surface area contributed by atoms with Crippen LogP contribution in [-0.2, 0) is 14.3 Å². The number of esters is 1. The van der Waals surface area contributed by atoms with Gasteiger partial charge in [-0.2, -0.15) is 0 Å². The number of methoxy groups -OCH3 is 1. The summed E-state index contributed by atoms with van der Waals surface area (Å²) in [6, 6.07) is 14.6. The number of carbonyl (C=O) groups excluding carboxylic acids is 2. The highest BCUT2D eigenvalue weighted by Gasteiger charge is 2.38. The van der Waals surface area contributed by atoms with Gasteiger partial charge in [0.1, 0.15) is 0 Å². The Labute approximate surface area is 216 Å². The molecule has 1 amide bonds. The van der Waals surface area contributed by atoms with E-state index in [0.29, 0.717) is 21.4 Å². The predicted octanol–water partition coefficient (Wildman–Crippen LogP) is 7.04. The second-order valence-corrected chi connectivity index (χ2v) is 9.65. The van der Waals surface area contributed by atoms with Crippen LogP contribution < -0.4 is 4.90 Å². The molecule has 0 unspecified atom stereocenters. The van der Waals surface area contributed by atoms with E-state index >= 15 is 0 Å². The molecule has 0 spiro atoms. The molecule has 1 aliphatic heterocycles. The number of aryl methyl sites for hydroxylation is 1. The molecule has 0 N–H and O–H groups in total. The van der Waals surface area contributed by atoms with E-state index in [1.165, 1.54) is 12.0 Å². The molecule has 3 aromatic rings. The van der Waals surface area contributed by atoms with Gasteiger partial charge < -0.3 is 9.30 Å². The van der Waals surface area contributed by atoms with Crippen LogP contribution in [0.2, 0.25) is 10.0 Å². The second-order valence-electron chi connectivity index (χ2n) is 7.89. The molecular formula is C26H21BrCl2N2O3. The van der Waals surface area contributed by atoms with E-state index in [2.05, 4.69) is 15.9 Å². The summed E-state index contributed by atoms with van der Waals surface area (Å²) in [6.07, 6.45) is 1.73. The molecular weight excluding hydrogens is 539 g/mol. The van der Waals surface area contributed by atoms with Gasteiger partial charge in [-0.1, -0.05) is 45.2 Å². The molecule has 1 aliphatic rings. The first-order valence-electron chi connectivity index (χ1n) is 10.4. The molecule has 0 atom stereocenters. The normalized spacial score (nSPS) is 15.0. The molecule has 2 heterocycles. The van der Waals surface area contributed by atoms with Gasteiger partial charge in [-0.25, -0.2) is 4.79 Å². The maximum absolute atomic E-state index is 13.6. The second kappa shape index (κ2) is 9.45. The average Bonchev–Trinajstić information content (AvgIpc) is 3.21. The molecule has 0 saturated carbocycles. The molecule has 0 bridgehead atoms. The Bertz CT molecular complexity index is 1410. The minimum Gasteiger partial charge on any atom is -0.465 e. The van der Waals surface area contributed by atoms with Crippen LogP contribution in [-0.4, -0.2) is 23.6 Å². The van der Waals surface area contributed by atoms with Crippen molar-refractivity contribution in [2.24, 2.45) is 0 Å². The van der Waals surface area contributed by atoms with E-state index in [9.17, 15) is 9.59 Å². The van der Waals surface area contributed by atoms with Crippen molar-refractivity contribution in [3.63, 3.8) is 0 Å². The Morgan fingerprint density at radius 2 is 1.79 bits per heavy atom. The Morgan fingerprint density at radius 1 is 1.06 bits per heavy atom. The van der Waals surface area contributed by atoms with Crippen molar-refractivity contribution in [3.8, 4) is 5.69 Å². The lowest BCUT2D eigenvalue weighted by Gasteiger charge is -2.18. The summed E-state index contributed by atoms with van der Waals surface area (Å²) in [5, 5.41) is 1.11. The van der Waals surface area contributed by atoms with Crippen LogP contribution in [0.5, 0.6) is 0 Å². The van der Waals surface area contributed by atoms with E-state index in [-0.39, 0.29) is 17.1 Å². The Kier molecular flexibility index (Phi) is 6.76. The summed E-state index contributed by atoms with van der Waals surface area (Å²) >= 11 is 16.1. The number of carbonyl (C=O) groups is 2. The lowest BCUT2D eigenvalue weighted by atomic mass is 10.0. The minimum atomic E-state index is -0.568. The highest BCUT2D eigenvalue weighted by Crippen LogP contribution is 2.37. The fraction of sp³-hybridized carbons (Fsp3) is 0.154. The van der Waals surface area contributed by atoms with Crippen molar-refractivity contribution < 1.29 is 14.3 Å². The summed E-state index contributed by atoms with van der Waals surface area (Å²) in [6.45, 7) is 5.61. The molecule has 0 fully saturated rings. The quantitative estimate of drug-likeness (QED) is 0.254. The number of rotatable bonds is 4. The van der Waals surface area contributed by atoms with Crippen LogP contribution in [0.15, 0.2) is 69.8 Å². The molecule has 8 heteroatoms. The molecule has 34 heavy (non-hydrogen) atoms. The maximum Gasteiger partial charge on any atom is 0.340 e. The zero-order valence-electron chi connectivity index (χ0n) is 18.9. The van der Waals surface area contributed by atoms with Gasteiger partial charge >= 0.3 is 5.97 Å². The standard InChI is InChI=1S/C26H21BrCl2N2O3/c1-14-10-17(15(2)30(14)23-13-19(28)8-9-22(23)29)11-21-24(26(33)34-4)16(3)31(25(21)32)20-7-5-6-18(27)12-20/h5-13H,1-4H3/b21-11-. The lowest BCUT2D eigenvalue weighted by Crippen LogP contribution is -2.24. The number of hydrogen-bond donors (Lipinski definition) is 0. The molecule has 2 aromatic carbocycles. The van der Waals surface area contributed by atoms with E-state index in [0.717, 1.165) is 27.1 Å². The number of amides is 1. The van der Waals surface area contributed by atoms with Crippen molar-refractivity contribution in [2.75, 3.05) is 12.0 Å².